The molecule has 0 aliphatic rings. The first-order valence-electron chi connectivity index (χ1n) is 4.47. The molecule has 2 heteroatoms. The van der Waals surface area contributed by atoms with Crippen molar-refractivity contribution in [1.82, 2.24) is 0 Å². The topological polar surface area (TPSA) is 29.4 Å². The van der Waals surface area contributed by atoms with Crippen molar-refractivity contribution in [3.63, 3.8) is 0 Å². The first-order valence-corrected chi connectivity index (χ1v) is 4.47. The minimum atomic E-state index is -0.166. The van der Waals surface area contributed by atoms with Crippen LogP contribution in [0.3, 0.4) is 0 Å². The van der Waals surface area contributed by atoms with Crippen LogP contribution in [0.25, 0.3) is 6.08 Å². The largest absolute Gasteiger partial charge is 0.273 e. The fourth-order valence-electron chi connectivity index (χ4n) is 1.07. The number of benzene rings is 1. The van der Waals surface area contributed by atoms with Crippen molar-refractivity contribution in [2.45, 2.75) is 13.8 Å². The van der Waals surface area contributed by atoms with E-state index in [0.29, 0.717) is 0 Å². The third-order valence-corrected chi connectivity index (χ3v) is 1.65. The van der Waals surface area contributed by atoms with Gasteiger partial charge in [-0.15, -0.1) is 0 Å². The van der Waals surface area contributed by atoms with Crippen LogP contribution in [-0.2, 0) is 4.79 Å². The number of hydrogen-bond donors (Lipinski definition) is 0. The molecule has 72 valence electrons. The molecule has 0 bridgehead atoms. The third kappa shape index (κ3) is 3.81. The first-order chi connectivity index (χ1) is 6.68. The van der Waals surface area contributed by atoms with E-state index in [1.165, 1.54) is 6.92 Å². The molecule has 0 radical (unpaired) electrons. The lowest BCUT2D eigenvalue weighted by Gasteiger charge is -1.91. The maximum Gasteiger partial charge on any atom is 0.242 e. The normalized spacial score (nSPS) is 12.0. The second-order valence-electron chi connectivity index (χ2n) is 3.02. The Kier molecular flexibility index (Phi) is 3.80. The molecule has 0 aliphatic carbocycles. The Bertz CT molecular complexity index is 363. The van der Waals surface area contributed by atoms with E-state index in [4.69, 9.17) is 0 Å². The molecular weight excluding hydrogens is 174 g/mol. The Morgan fingerprint density at radius 3 is 2.43 bits per heavy atom. The number of aliphatic imine (C=N–C) groups is 1. The average Bonchev–Trinajstić information content (AvgIpc) is 2.15. The van der Waals surface area contributed by atoms with Crippen molar-refractivity contribution in [3.05, 3.63) is 42.0 Å². The van der Waals surface area contributed by atoms with Gasteiger partial charge in [-0.25, -0.2) is 4.99 Å². The van der Waals surface area contributed by atoms with Crippen molar-refractivity contribution in [2.75, 3.05) is 0 Å². The van der Waals surface area contributed by atoms with Crippen molar-refractivity contribution in [2.24, 2.45) is 4.99 Å². The van der Waals surface area contributed by atoms with E-state index < -0.39 is 0 Å². The number of allylic oxidation sites excluding steroid dienone is 1. The smallest absolute Gasteiger partial charge is 0.242 e. The molecule has 1 aromatic carbocycles. The molecule has 0 atom stereocenters. The van der Waals surface area contributed by atoms with Crippen LogP contribution >= 0.6 is 0 Å². The molecule has 0 spiro atoms. The summed E-state index contributed by atoms with van der Waals surface area (Å²) >= 11 is 0. The monoisotopic (exact) mass is 187 g/mol. The number of hydrogen-bond acceptors (Lipinski definition) is 1. The summed E-state index contributed by atoms with van der Waals surface area (Å²) in [5.41, 5.74) is 1.83. The fourth-order valence-corrected chi connectivity index (χ4v) is 1.07. The van der Waals surface area contributed by atoms with Crippen LogP contribution in [0.15, 0.2) is 41.4 Å². The van der Waals surface area contributed by atoms with E-state index in [1.807, 2.05) is 42.5 Å². The van der Waals surface area contributed by atoms with Crippen molar-refractivity contribution >= 4 is 17.7 Å². The van der Waals surface area contributed by atoms with Gasteiger partial charge in [0.2, 0.25) is 5.91 Å². The van der Waals surface area contributed by atoms with Gasteiger partial charge in [-0.1, -0.05) is 36.4 Å². The summed E-state index contributed by atoms with van der Waals surface area (Å²) in [4.78, 5) is 14.4. The SMILES string of the molecule is CC(=O)N=C(C)/C=C/c1ccccc1. The van der Waals surface area contributed by atoms with Gasteiger partial charge in [-0.3, -0.25) is 4.79 Å². The van der Waals surface area contributed by atoms with Gasteiger partial charge in [0.05, 0.1) is 0 Å². The highest BCUT2D eigenvalue weighted by Gasteiger charge is 1.88. The Hall–Kier alpha value is -1.70. The van der Waals surface area contributed by atoms with Gasteiger partial charge in [0.15, 0.2) is 0 Å². The average molecular weight is 187 g/mol. The highest BCUT2D eigenvalue weighted by molar-refractivity contribution is 6.02. The molecule has 0 unspecified atom stereocenters. The predicted octanol–water partition coefficient (Wildman–Crippen LogP) is 2.71. The second-order valence-corrected chi connectivity index (χ2v) is 3.02. The van der Waals surface area contributed by atoms with Gasteiger partial charge in [0.1, 0.15) is 0 Å². The molecule has 0 N–H and O–H groups in total. The standard InChI is InChI=1S/C12H13NO/c1-10(13-11(2)14)8-9-12-6-4-3-5-7-12/h3-9H,1-2H3/b9-8+,13-10?. The molecule has 1 aromatic rings. The van der Waals surface area contributed by atoms with E-state index in [9.17, 15) is 4.79 Å². The summed E-state index contributed by atoms with van der Waals surface area (Å²) in [6.07, 6.45) is 3.76. The summed E-state index contributed by atoms with van der Waals surface area (Å²) in [5.74, 6) is -0.166. The molecule has 0 saturated carbocycles. The van der Waals surface area contributed by atoms with Gasteiger partial charge in [-0.2, -0.15) is 0 Å². The second kappa shape index (κ2) is 5.12. The highest BCUT2D eigenvalue weighted by Crippen LogP contribution is 2.01. The Balaban J connectivity index is 2.70. The highest BCUT2D eigenvalue weighted by atomic mass is 16.1. The van der Waals surface area contributed by atoms with Gasteiger partial charge >= 0.3 is 0 Å². The predicted molar refractivity (Wildman–Crippen MR) is 59.3 cm³/mol. The number of rotatable bonds is 2. The molecule has 0 saturated heterocycles. The van der Waals surface area contributed by atoms with E-state index in [1.54, 1.807) is 6.92 Å². The number of carbonyl (C=O) groups excluding carboxylic acids is 1. The molecule has 1 amide bonds. The Morgan fingerprint density at radius 1 is 1.21 bits per heavy atom. The van der Waals surface area contributed by atoms with E-state index in [0.717, 1.165) is 11.3 Å². The van der Waals surface area contributed by atoms with Crippen molar-refractivity contribution in [1.29, 1.82) is 0 Å². The summed E-state index contributed by atoms with van der Waals surface area (Å²) < 4.78 is 0. The van der Waals surface area contributed by atoms with Crippen LogP contribution in [0.2, 0.25) is 0 Å². The summed E-state index contributed by atoms with van der Waals surface area (Å²) in [6, 6.07) is 9.90. The molecule has 14 heavy (non-hydrogen) atoms. The van der Waals surface area contributed by atoms with Crippen LogP contribution in [0.5, 0.6) is 0 Å². The zero-order valence-electron chi connectivity index (χ0n) is 8.40. The molecular formula is C12H13NO. The number of amides is 1. The van der Waals surface area contributed by atoms with Gasteiger partial charge < -0.3 is 0 Å². The van der Waals surface area contributed by atoms with Gasteiger partial charge in [0.25, 0.3) is 0 Å². The maximum absolute atomic E-state index is 10.6. The van der Waals surface area contributed by atoms with Crippen LogP contribution in [0.4, 0.5) is 0 Å². The van der Waals surface area contributed by atoms with Crippen LogP contribution in [0.1, 0.15) is 19.4 Å². The Labute approximate surface area is 84.0 Å². The Morgan fingerprint density at radius 2 is 1.86 bits per heavy atom. The molecule has 0 aromatic heterocycles. The number of carbonyl (C=O) groups is 1. The summed E-state index contributed by atoms with van der Waals surface area (Å²) in [5, 5.41) is 0. The maximum atomic E-state index is 10.6. The fraction of sp³-hybridized carbons (Fsp3) is 0.167. The lowest BCUT2D eigenvalue weighted by atomic mass is 10.2. The zero-order chi connectivity index (χ0) is 10.4. The molecule has 2 nitrogen and oxygen atoms in total. The zero-order valence-corrected chi connectivity index (χ0v) is 8.40. The molecule has 0 heterocycles. The minimum Gasteiger partial charge on any atom is -0.273 e. The molecule has 0 fully saturated rings. The summed E-state index contributed by atoms with van der Waals surface area (Å²) in [6.45, 7) is 3.25. The van der Waals surface area contributed by atoms with Crippen molar-refractivity contribution in [3.8, 4) is 0 Å². The first kappa shape index (κ1) is 10.4. The summed E-state index contributed by atoms with van der Waals surface area (Å²) in [7, 11) is 0. The number of nitrogens with zero attached hydrogens (tertiary/aromatic N) is 1. The van der Waals surface area contributed by atoms with Crippen LogP contribution in [0, 0.1) is 0 Å². The van der Waals surface area contributed by atoms with Crippen LogP contribution < -0.4 is 0 Å². The van der Waals surface area contributed by atoms with Crippen molar-refractivity contribution < 1.29 is 4.79 Å². The van der Waals surface area contributed by atoms with E-state index in [-0.39, 0.29) is 5.91 Å². The van der Waals surface area contributed by atoms with Gasteiger partial charge in [0, 0.05) is 12.6 Å². The third-order valence-electron chi connectivity index (χ3n) is 1.65. The van der Waals surface area contributed by atoms with Crippen LogP contribution in [-0.4, -0.2) is 11.6 Å². The van der Waals surface area contributed by atoms with E-state index in [2.05, 4.69) is 4.99 Å². The lowest BCUT2D eigenvalue weighted by molar-refractivity contribution is -0.115. The quantitative estimate of drug-likeness (QED) is 0.654. The molecule has 1 rings (SSSR count). The van der Waals surface area contributed by atoms with Gasteiger partial charge in [-0.05, 0) is 18.6 Å². The van der Waals surface area contributed by atoms with E-state index >= 15 is 0 Å². The lowest BCUT2D eigenvalue weighted by Crippen LogP contribution is -1.90. The minimum absolute atomic E-state index is 0.166. The molecule has 0 aliphatic heterocycles.